The Balaban J connectivity index is 2.13. The van der Waals surface area contributed by atoms with E-state index in [1.54, 1.807) is 0 Å². The molecule has 0 aliphatic carbocycles. The number of alkyl halides is 1. The van der Waals surface area contributed by atoms with Crippen molar-refractivity contribution in [2.75, 3.05) is 11.9 Å². The molecule has 0 saturated heterocycles. The van der Waals surface area contributed by atoms with Crippen LogP contribution in [0.3, 0.4) is 0 Å². The minimum Gasteiger partial charge on any atom is -0.361 e. The highest BCUT2D eigenvalue weighted by Gasteiger charge is 2.37. The molecule has 3 rings (SSSR count). The van der Waals surface area contributed by atoms with E-state index in [1.165, 1.54) is 0 Å². The molecule has 0 amide bonds. The Morgan fingerprint density at radius 3 is 1.36 bits per heavy atom. The second-order valence-electron chi connectivity index (χ2n) is 6.02. The molecule has 0 unspecified atom stereocenters. The largest absolute Gasteiger partial charge is 0.361 e. The number of ether oxygens (including phenoxy) is 1. The molecular formula is C23H23BrO. The first-order valence-corrected chi connectivity index (χ1v) is 9.86. The lowest BCUT2D eigenvalue weighted by atomic mass is 9.80. The van der Waals surface area contributed by atoms with E-state index in [2.05, 4.69) is 107 Å². The van der Waals surface area contributed by atoms with Crippen molar-refractivity contribution in [1.82, 2.24) is 0 Å². The molecule has 0 saturated carbocycles. The number of hydrogen-bond acceptors (Lipinski definition) is 1. The SMILES string of the molecule is BrCCCCOC(c1ccccc1)(c1ccccc1)c1ccccc1. The van der Waals surface area contributed by atoms with Crippen LogP contribution in [0.25, 0.3) is 0 Å². The lowest BCUT2D eigenvalue weighted by molar-refractivity contribution is 0.0114. The summed E-state index contributed by atoms with van der Waals surface area (Å²) in [5, 5.41) is 1.01. The van der Waals surface area contributed by atoms with Crippen molar-refractivity contribution < 1.29 is 4.74 Å². The van der Waals surface area contributed by atoms with Crippen molar-refractivity contribution in [2.45, 2.75) is 18.4 Å². The Morgan fingerprint density at radius 1 is 0.600 bits per heavy atom. The van der Waals surface area contributed by atoms with Crippen molar-refractivity contribution in [3.8, 4) is 0 Å². The molecule has 3 aromatic rings. The first kappa shape index (κ1) is 17.9. The Labute approximate surface area is 158 Å². The van der Waals surface area contributed by atoms with E-state index >= 15 is 0 Å². The monoisotopic (exact) mass is 394 g/mol. The van der Waals surface area contributed by atoms with Crippen LogP contribution in [0.4, 0.5) is 0 Å². The third kappa shape index (κ3) is 4.02. The summed E-state index contributed by atoms with van der Waals surface area (Å²) in [6.07, 6.45) is 2.13. The van der Waals surface area contributed by atoms with Crippen LogP contribution >= 0.6 is 15.9 Å². The van der Waals surface area contributed by atoms with E-state index < -0.39 is 5.60 Å². The number of rotatable bonds is 8. The van der Waals surface area contributed by atoms with Gasteiger partial charge in [-0.15, -0.1) is 0 Å². The Kier molecular flexibility index (Phi) is 6.43. The van der Waals surface area contributed by atoms with Crippen LogP contribution < -0.4 is 0 Å². The minimum absolute atomic E-state index is 0.587. The van der Waals surface area contributed by atoms with Gasteiger partial charge in [0, 0.05) is 11.9 Å². The van der Waals surface area contributed by atoms with Gasteiger partial charge >= 0.3 is 0 Å². The molecular weight excluding hydrogens is 372 g/mol. The van der Waals surface area contributed by atoms with E-state index in [0.717, 1.165) is 34.9 Å². The van der Waals surface area contributed by atoms with Crippen molar-refractivity contribution >= 4 is 15.9 Å². The highest BCUT2D eigenvalue weighted by Crippen LogP contribution is 2.40. The molecule has 0 aromatic heterocycles. The second-order valence-corrected chi connectivity index (χ2v) is 6.82. The van der Waals surface area contributed by atoms with Gasteiger partial charge in [0.15, 0.2) is 0 Å². The summed E-state index contributed by atoms with van der Waals surface area (Å²) in [5.74, 6) is 0. The zero-order valence-electron chi connectivity index (χ0n) is 14.3. The lowest BCUT2D eigenvalue weighted by Gasteiger charge is -2.36. The van der Waals surface area contributed by atoms with Gasteiger partial charge in [-0.1, -0.05) is 107 Å². The summed E-state index contributed by atoms with van der Waals surface area (Å²) >= 11 is 3.51. The van der Waals surface area contributed by atoms with Crippen LogP contribution in [0.15, 0.2) is 91.0 Å². The van der Waals surface area contributed by atoms with Gasteiger partial charge in [0.05, 0.1) is 0 Å². The zero-order chi connectivity index (χ0) is 17.4. The summed E-state index contributed by atoms with van der Waals surface area (Å²) < 4.78 is 6.67. The summed E-state index contributed by atoms with van der Waals surface area (Å²) in [4.78, 5) is 0. The van der Waals surface area contributed by atoms with E-state index in [9.17, 15) is 0 Å². The molecule has 128 valence electrons. The van der Waals surface area contributed by atoms with E-state index in [-0.39, 0.29) is 0 Å². The van der Waals surface area contributed by atoms with Crippen molar-refractivity contribution in [1.29, 1.82) is 0 Å². The molecule has 0 bridgehead atoms. The van der Waals surface area contributed by atoms with Crippen LogP contribution in [0.2, 0.25) is 0 Å². The molecule has 3 aromatic carbocycles. The van der Waals surface area contributed by atoms with Gasteiger partial charge in [0.2, 0.25) is 0 Å². The molecule has 0 aliphatic rings. The van der Waals surface area contributed by atoms with Gasteiger partial charge in [0.25, 0.3) is 0 Å². The third-order valence-electron chi connectivity index (χ3n) is 4.39. The van der Waals surface area contributed by atoms with Crippen LogP contribution in [0.5, 0.6) is 0 Å². The van der Waals surface area contributed by atoms with Crippen LogP contribution in [-0.4, -0.2) is 11.9 Å². The maximum atomic E-state index is 6.67. The number of unbranched alkanes of at least 4 members (excludes halogenated alkanes) is 1. The standard InChI is InChI=1S/C23H23BrO/c24-18-10-11-19-25-23(20-12-4-1-5-13-20,21-14-6-2-7-15-21)22-16-8-3-9-17-22/h1-9,12-17H,10-11,18-19H2. The van der Waals surface area contributed by atoms with E-state index in [4.69, 9.17) is 4.74 Å². The average molecular weight is 395 g/mol. The molecule has 2 heteroatoms. The third-order valence-corrected chi connectivity index (χ3v) is 4.95. The van der Waals surface area contributed by atoms with Gasteiger partial charge < -0.3 is 4.74 Å². The predicted octanol–water partition coefficient (Wildman–Crippen LogP) is 6.17. The normalized spacial score (nSPS) is 11.4. The number of hydrogen-bond donors (Lipinski definition) is 0. The fourth-order valence-corrected chi connectivity index (χ4v) is 3.59. The van der Waals surface area contributed by atoms with Crippen molar-refractivity contribution in [3.05, 3.63) is 108 Å². The summed E-state index contributed by atoms with van der Waals surface area (Å²) in [5.41, 5.74) is 2.89. The summed E-state index contributed by atoms with van der Waals surface area (Å²) in [6.45, 7) is 0.713. The maximum Gasteiger partial charge on any atom is 0.143 e. The van der Waals surface area contributed by atoms with Crippen molar-refractivity contribution in [3.63, 3.8) is 0 Å². The number of halogens is 1. The lowest BCUT2D eigenvalue weighted by Crippen LogP contribution is -2.33. The van der Waals surface area contributed by atoms with Crippen LogP contribution in [0, 0.1) is 0 Å². The van der Waals surface area contributed by atoms with E-state index in [0.29, 0.717) is 6.61 Å². The van der Waals surface area contributed by atoms with Gasteiger partial charge in [-0.2, -0.15) is 0 Å². The molecule has 1 nitrogen and oxygen atoms in total. The topological polar surface area (TPSA) is 9.23 Å². The average Bonchev–Trinajstić information content (AvgIpc) is 2.70. The highest BCUT2D eigenvalue weighted by molar-refractivity contribution is 9.09. The van der Waals surface area contributed by atoms with Crippen molar-refractivity contribution in [2.24, 2.45) is 0 Å². The first-order valence-electron chi connectivity index (χ1n) is 8.74. The number of benzene rings is 3. The summed E-state index contributed by atoms with van der Waals surface area (Å²) in [6, 6.07) is 31.6. The zero-order valence-corrected chi connectivity index (χ0v) is 15.9. The predicted molar refractivity (Wildman–Crippen MR) is 108 cm³/mol. The quantitative estimate of drug-likeness (QED) is 0.252. The van der Waals surface area contributed by atoms with Gasteiger partial charge in [0.1, 0.15) is 5.60 Å². The molecule has 0 radical (unpaired) electrons. The molecule has 0 atom stereocenters. The molecule has 0 N–H and O–H groups in total. The second kappa shape index (κ2) is 8.98. The van der Waals surface area contributed by atoms with Crippen LogP contribution in [0.1, 0.15) is 29.5 Å². The highest BCUT2D eigenvalue weighted by atomic mass is 79.9. The molecule has 0 fully saturated rings. The maximum absolute atomic E-state index is 6.67. The van der Waals surface area contributed by atoms with Gasteiger partial charge in [-0.05, 0) is 29.5 Å². The molecule has 25 heavy (non-hydrogen) atoms. The molecule has 0 aliphatic heterocycles. The van der Waals surface area contributed by atoms with Gasteiger partial charge in [-0.25, -0.2) is 0 Å². The van der Waals surface area contributed by atoms with Crippen LogP contribution in [-0.2, 0) is 10.3 Å². The first-order chi connectivity index (χ1) is 12.4. The molecule has 0 spiro atoms. The van der Waals surface area contributed by atoms with E-state index in [1.807, 2.05) is 0 Å². The summed E-state index contributed by atoms with van der Waals surface area (Å²) in [7, 11) is 0. The Morgan fingerprint density at radius 2 is 1.00 bits per heavy atom. The Bertz CT molecular complexity index is 644. The fraction of sp³-hybridized carbons (Fsp3) is 0.217. The Hall–Kier alpha value is -1.90. The smallest absolute Gasteiger partial charge is 0.143 e. The van der Waals surface area contributed by atoms with Gasteiger partial charge in [-0.3, -0.25) is 0 Å². The fourth-order valence-electron chi connectivity index (χ4n) is 3.19. The minimum atomic E-state index is -0.587. The molecule has 0 heterocycles.